The largest absolute Gasteiger partial charge is 0.463 e. The van der Waals surface area contributed by atoms with Crippen molar-refractivity contribution < 1.29 is 19.0 Å². The molecule has 0 aromatic heterocycles. The normalized spacial score (nSPS) is 56.6. The molecule has 6 rings (SSSR count). The van der Waals surface area contributed by atoms with Gasteiger partial charge in [-0.25, -0.2) is 0 Å². The second kappa shape index (κ2) is 8.23. The van der Waals surface area contributed by atoms with E-state index in [1.807, 2.05) is 0 Å². The van der Waals surface area contributed by atoms with E-state index in [2.05, 4.69) is 27.7 Å². The van der Waals surface area contributed by atoms with Crippen molar-refractivity contribution in [1.29, 1.82) is 0 Å². The molecule has 0 bridgehead atoms. The molecule has 6 aliphatic rings. The van der Waals surface area contributed by atoms with E-state index in [9.17, 15) is 4.79 Å². The molecule has 4 saturated carbocycles. The smallest absolute Gasteiger partial charge is 0.302 e. The highest BCUT2D eigenvalue weighted by atomic mass is 35.5. The molecule has 12 atom stereocenters. The number of fused-ring (bicyclic) bond motifs is 7. The number of rotatable bonds is 1. The van der Waals surface area contributed by atoms with Crippen LogP contribution >= 0.6 is 23.2 Å². The Kier molecular flexibility index (Phi) is 5.94. The monoisotopic (exact) mass is 526 g/mol. The summed E-state index contributed by atoms with van der Waals surface area (Å²) in [6.45, 7) is 11.8. The summed E-state index contributed by atoms with van der Waals surface area (Å²) < 4.78 is 18.0. The number of carbonyl (C=O) groups is 1. The van der Waals surface area contributed by atoms with E-state index in [-0.39, 0.29) is 29.5 Å². The SMILES string of the molecule is CC(=O)OC1CC[C@]2(C)C3CC[C@@]4(C)C(C[C@@H]5O[C@@]6(OC[C@H](C)CC6(Cl)Cl)[C@@H](C)[C@@H]54)C3CC[C@H]2C1. The van der Waals surface area contributed by atoms with Crippen LogP contribution in [0, 0.1) is 52.3 Å². The summed E-state index contributed by atoms with van der Waals surface area (Å²) in [6, 6.07) is 0. The van der Waals surface area contributed by atoms with Crippen molar-refractivity contribution in [3.05, 3.63) is 0 Å². The van der Waals surface area contributed by atoms with Gasteiger partial charge in [-0.15, -0.1) is 0 Å². The first-order chi connectivity index (χ1) is 16.4. The maximum Gasteiger partial charge on any atom is 0.302 e. The minimum Gasteiger partial charge on any atom is -0.463 e. The lowest BCUT2D eigenvalue weighted by Crippen LogP contribution is -2.59. The van der Waals surface area contributed by atoms with Gasteiger partial charge in [-0.2, -0.15) is 0 Å². The predicted molar refractivity (Wildman–Crippen MR) is 137 cm³/mol. The second-order valence-corrected chi connectivity index (χ2v) is 15.4. The number of carbonyl (C=O) groups excluding carboxylic acids is 1. The van der Waals surface area contributed by atoms with Crippen molar-refractivity contribution >= 4 is 29.2 Å². The summed E-state index contributed by atoms with van der Waals surface area (Å²) in [4.78, 5) is 11.6. The van der Waals surface area contributed by atoms with Gasteiger partial charge in [0.05, 0.1) is 12.7 Å². The van der Waals surface area contributed by atoms with E-state index < -0.39 is 10.1 Å². The van der Waals surface area contributed by atoms with Crippen LogP contribution in [0.15, 0.2) is 0 Å². The Bertz CT molecular complexity index is 879. The van der Waals surface area contributed by atoms with Crippen molar-refractivity contribution in [3.8, 4) is 0 Å². The van der Waals surface area contributed by atoms with Crippen LogP contribution in [0.2, 0.25) is 0 Å². The topological polar surface area (TPSA) is 44.8 Å². The third-order valence-electron chi connectivity index (χ3n) is 12.2. The number of hydrogen-bond donors (Lipinski definition) is 0. The molecule has 198 valence electrons. The van der Waals surface area contributed by atoms with E-state index in [0.717, 1.165) is 37.5 Å². The summed E-state index contributed by atoms with van der Waals surface area (Å²) in [5.74, 6) is 2.89. The fourth-order valence-electron chi connectivity index (χ4n) is 10.8. The van der Waals surface area contributed by atoms with Gasteiger partial charge in [0.1, 0.15) is 6.10 Å². The highest BCUT2D eigenvalue weighted by molar-refractivity contribution is 6.49. The molecule has 2 aliphatic heterocycles. The molecule has 0 N–H and O–H groups in total. The molecular formula is C29H44Cl2O4. The van der Waals surface area contributed by atoms with E-state index in [4.69, 9.17) is 37.4 Å². The Labute approximate surface area is 221 Å². The highest BCUT2D eigenvalue weighted by Gasteiger charge is 2.73. The van der Waals surface area contributed by atoms with Crippen LogP contribution < -0.4 is 0 Å². The number of hydrogen-bond acceptors (Lipinski definition) is 4. The fourth-order valence-corrected chi connectivity index (χ4v) is 11.8. The van der Waals surface area contributed by atoms with Crippen molar-refractivity contribution in [1.82, 2.24) is 0 Å². The number of halogens is 2. The molecule has 6 heteroatoms. The quantitative estimate of drug-likeness (QED) is 0.268. The molecule has 4 nitrogen and oxygen atoms in total. The molecule has 0 aromatic rings. The van der Waals surface area contributed by atoms with Gasteiger partial charge < -0.3 is 14.2 Å². The maximum atomic E-state index is 11.6. The first-order valence-electron chi connectivity index (χ1n) is 14.3. The van der Waals surface area contributed by atoms with Crippen molar-refractivity contribution in [2.75, 3.05) is 6.61 Å². The maximum absolute atomic E-state index is 11.6. The van der Waals surface area contributed by atoms with Gasteiger partial charge in [0.25, 0.3) is 0 Å². The molecule has 1 spiro atoms. The highest BCUT2D eigenvalue weighted by Crippen LogP contribution is 2.72. The zero-order chi connectivity index (χ0) is 25.0. The second-order valence-electron chi connectivity index (χ2n) is 13.9. The molecule has 4 aliphatic carbocycles. The van der Waals surface area contributed by atoms with E-state index >= 15 is 0 Å². The van der Waals surface area contributed by atoms with Crippen molar-refractivity contribution in [2.24, 2.45) is 52.3 Å². The summed E-state index contributed by atoms with van der Waals surface area (Å²) in [7, 11) is 0. The average Bonchev–Trinajstić information content (AvgIpc) is 3.22. The lowest BCUT2D eigenvalue weighted by Gasteiger charge is -2.61. The molecular weight excluding hydrogens is 483 g/mol. The van der Waals surface area contributed by atoms with E-state index in [0.29, 0.717) is 35.7 Å². The van der Waals surface area contributed by atoms with Crippen LogP contribution in [0.4, 0.5) is 0 Å². The molecule has 2 heterocycles. The Morgan fingerprint density at radius 3 is 2.43 bits per heavy atom. The first-order valence-corrected chi connectivity index (χ1v) is 15.0. The van der Waals surface area contributed by atoms with Gasteiger partial charge in [0.2, 0.25) is 5.79 Å². The summed E-state index contributed by atoms with van der Waals surface area (Å²) in [5, 5.41) is 0. The molecule has 0 radical (unpaired) electrons. The number of alkyl halides is 2. The zero-order valence-electron chi connectivity index (χ0n) is 22.2. The molecule has 6 fully saturated rings. The standard InChI is InChI=1S/C29H44Cl2O4/c1-16-14-28(30,31)29(33-15-16)17(2)25-24(35-29)13-23-21-7-6-19-12-20(34-18(3)32)8-10-26(19,4)22(21)9-11-27(23,25)5/h16-17,19-25H,6-15H2,1-5H3/t16-,17+,19+,20?,21?,22?,23?,24+,25+,26+,27+,29+/m1/s1. The number of ether oxygens (including phenoxy) is 3. The van der Waals surface area contributed by atoms with Crippen molar-refractivity contribution in [3.63, 3.8) is 0 Å². The minimum atomic E-state index is -0.996. The zero-order valence-corrected chi connectivity index (χ0v) is 23.7. The van der Waals surface area contributed by atoms with Crippen LogP contribution in [0.1, 0.15) is 92.4 Å². The summed E-state index contributed by atoms with van der Waals surface area (Å²) >= 11 is 14.0. The van der Waals surface area contributed by atoms with Crippen LogP contribution in [0.25, 0.3) is 0 Å². The van der Waals surface area contributed by atoms with E-state index in [1.165, 1.54) is 32.1 Å². The van der Waals surface area contributed by atoms with Gasteiger partial charge in [-0.1, -0.05) is 50.9 Å². The average molecular weight is 528 g/mol. The molecule has 35 heavy (non-hydrogen) atoms. The van der Waals surface area contributed by atoms with Crippen LogP contribution in [0.5, 0.6) is 0 Å². The van der Waals surface area contributed by atoms with Crippen LogP contribution in [-0.2, 0) is 19.0 Å². The fraction of sp³-hybridized carbons (Fsp3) is 0.966. The Morgan fingerprint density at radius 1 is 0.971 bits per heavy atom. The lowest BCUT2D eigenvalue weighted by atomic mass is 9.44. The molecule has 0 aromatic carbocycles. The minimum absolute atomic E-state index is 0.122. The third-order valence-corrected chi connectivity index (χ3v) is 13.0. The van der Waals surface area contributed by atoms with Gasteiger partial charge in [0, 0.05) is 12.8 Å². The van der Waals surface area contributed by atoms with Gasteiger partial charge in [0.15, 0.2) is 4.33 Å². The molecule has 0 amide bonds. The van der Waals surface area contributed by atoms with Gasteiger partial charge >= 0.3 is 5.97 Å². The Balaban J connectivity index is 1.23. The van der Waals surface area contributed by atoms with Crippen LogP contribution in [0.3, 0.4) is 0 Å². The molecule has 4 unspecified atom stereocenters. The Hall–Kier alpha value is -0.0300. The van der Waals surface area contributed by atoms with Crippen LogP contribution in [-0.4, -0.2) is 34.9 Å². The van der Waals surface area contributed by atoms with E-state index in [1.54, 1.807) is 6.92 Å². The van der Waals surface area contributed by atoms with Gasteiger partial charge in [-0.3, -0.25) is 4.79 Å². The van der Waals surface area contributed by atoms with Crippen molar-refractivity contribution in [2.45, 2.75) is 115 Å². The third kappa shape index (κ3) is 3.47. The Morgan fingerprint density at radius 2 is 1.71 bits per heavy atom. The predicted octanol–water partition coefficient (Wildman–Crippen LogP) is 7.15. The lowest BCUT2D eigenvalue weighted by molar-refractivity contribution is -0.278. The summed E-state index contributed by atoms with van der Waals surface area (Å²) in [5.41, 5.74) is 0.625. The first kappa shape index (κ1) is 25.3. The number of esters is 1. The molecule has 2 saturated heterocycles. The van der Waals surface area contributed by atoms with Gasteiger partial charge in [-0.05, 0) is 104 Å². The summed E-state index contributed by atoms with van der Waals surface area (Å²) in [6.07, 6.45) is 10.6.